The zero-order chi connectivity index (χ0) is 12.9. The van der Waals surface area contributed by atoms with Crippen molar-refractivity contribution in [1.82, 2.24) is 10.2 Å². The van der Waals surface area contributed by atoms with E-state index in [9.17, 15) is 9.90 Å². The van der Waals surface area contributed by atoms with Gasteiger partial charge in [0.1, 0.15) is 5.54 Å². The van der Waals surface area contributed by atoms with Crippen LogP contribution >= 0.6 is 0 Å². The molecule has 0 radical (unpaired) electrons. The van der Waals surface area contributed by atoms with E-state index in [0.717, 1.165) is 0 Å². The summed E-state index contributed by atoms with van der Waals surface area (Å²) in [4.78, 5) is 13.3. The predicted octanol–water partition coefficient (Wildman–Crippen LogP) is 1.42. The van der Waals surface area contributed by atoms with Crippen LogP contribution in [-0.2, 0) is 4.79 Å². The maximum absolute atomic E-state index is 11.3. The molecule has 0 bridgehead atoms. The predicted molar refractivity (Wildman–Crippen MR) is 66.6 cm³/mol. The van der Waals surface area contributed by atoms with Crippen molar-refractivity contribution in [3.8, 4) is 0 Å². The summed E-state index contributed by atoms with van der Waals surface area (Å²) >= 11 is 0. The number of nitrogens with zero attached hydrogens (tertiary/aromatic N) is 1. The lowest BCUT2D eigenvalue weighted by Crippen LogP contribution is -2.53. The molecule has 0 aromatic carbocycles. The van der Waals surface area contributed by atoms with E-state index in [2.05, 4.69) is 17.1 Å². The topological polar surface area (TPSA) is 52.6 Å². The molecule has 0 spiro atoms. The zero-order valence-electron chi connectivity index (χ0n) is 11.4. The fourth-order valence-corrected chi connectivity index (χ4v) is 1.61. The Labute approximate surface area is 99.0 Å². The second-order valence-corrected chi connectivity index (χ2v) is 5.43. The molecular formula is C12H26N2O2. The SMILES string of the molecule is CC(C)CC(C)(NCC(C)N(C)C)C(=O)O. The van der Waals surface area contributed by atoms with E-state index < -0.39 is 11.5 Å². The molecule has 96 valence electrons. The van der Waals surface area contributed by atoms with Gasteiger partial charge in [-0.3, -0.25) is 4.79 Å². The second-order valence-electron chi connectivity index (χ2n) is 5.43. The maximum atomic E-state index is 11.3. The van der Waals surface area contributed by atoms with Crippen molar-refractivity contribution in [1.29, 1.82) is 0 Å². The third-order valence-electron chi connectivity index (χ3n) is 2.96. The summed E-state index contributed by atoms with van der Waals surface area (Å²) in [5.74, 6) is -0.407. The van der Waals surface area contributed by atoms with Crippen molar-refractivity contribution in [2.24, 2.45) is 5.92 Å². The highest BCUT2D eigenvalue weighted by Crippen LogP contribution is 2.17. The molecule has 0 aliphatic rings. The van der Waals surface area contributed by atoms with E-state index in [1.165, 1.54) is 0 Å². The van der Waals surface area contributed by atoms with E-state index in [1.807, 2.05) is 27.9 Å². The molecule has 0 saturated heterocycles. The maximum Gasteiger partial charge on any atom is 0.323 e. The van der Waals surface area contributed by atoms with Gasteiger partial charge in [-0.25, -0.2) is 0 Å². The van der Waals surface area contributed by atoms with Gasteiger partial charge in [0.25, 0.3) is 0 Å². The van der Waals surface area contributed by atoms with Crippen molar-refractivity contribution in [2.45, 2.75) is 45.7 Å². The average molecular weight is 230 g/mol. The fraction of sp³-hybridized carbons (Fsp3) is 0.917. The summed E-state index contributed by atoms with van der Waals surface area (Å²) < 4.78 is 0. The molecule has 0 heterocycles. The standard InChI is InChI=1S/C12H26N2O2/c1-9(2)7-12(4,11(15)16)13-8-10(3)14(5)6/h9-10,13H,7-8H2,1-6H3,(H,15,16). The van der Waals surface area contributed by atoms with Crippen LogP contribution in [0.5, 0.6) is 0 Å². The smallest absolute Gasteiger partial charge is 0.323 e. The quantitative estimate of drug-likeness (QED) is 0.694. The average Bonchev–Trinajstić information content (AvgIpc) is 2.12. The van der Waals surface area contributed by atoms with E-state index >= 15 is 0 Å². The summed E-state index contributed by atoms with van der Waals surface area (Å²) in [5.41, 5.74) is -0.821. The van der Waals surface area contributed by atoms with Gasteiger partial charge in [0.2, 0.25) is 0 Å². The summed E-state index contributed by atoms with van der Waals surface area (Å²) in [6.07, 6.45) is 0.641. The summed E-state index contributed by atoms with van der Waals surface area (Å²) in [6, 6.07) is 0.325. The Bertz CT molecular complexity index is 229. The Morgan fingerprint density at radius 3 is 2.19 bits per heavy atom. The molecule has 0 aromatic rings. The minimum absolute atomic E-state index is 0.325. The monoisotopic (exact) mass is 230 g/mol. The van der Waals surface area contributed by atoms with E-state index in [0.29, 0.717) is 24.9 Å². The number of carboxylic acids is 1. The molecule has 0 aliphatic heterocycles. The van der Waals surface area contributed by atoms with Crippen LogP contribution in [0.2, 0.25) is 0 Å². The molecule has 2 atom stereocenters. The van der Waals surface area contributed by atoms with Crippen molar-refractivity contribution < 1.29 is 9.90 Å². The third-order valence-corrected chi connectivity index (χ3v) is 2.96. The highest BCUT2D eigenvalue weighted by Gasteiger charge is 2.33. The molecule has 0 aliphatic carbocycles. The summed E-state index contributed by atoms with van der Waals surface area (Å²) in [7, 11) is 3.99. The van der Waals surface area contributed by atoms with Gasteiger partial charge in [-0.2, -0.15) is 0 Å². The fourth-order valence-electron chi connectivity index (χ4n) is 1.61. The number of rotatable bonds is 7. The van der Waals surface area contributed by atoms with Crippen LogP contribution < -0.4 is 5.32 Å². The lowest BCUT2D eigenvalue weighted by molar-refractivity contribution is -0.145. The van der Waals surface area contributed by atoms with E-state index in [-0.39, 0.29) is 0 Å². The van der Waals surface area contributed by atoms with Gasteiger partial charge in [0.15, 0.2) is 0 Å². The molecule has 0 saturated carbocycles. The lowest BCUT2D eigenvalue weighted by Gasteiger charge is -2.31. The Morgan fingerprint density at radius 2 is 1.88 bits per heavy atom. The molecule has 16 heavy (non-hydrogen) atoms. The Hall–Kier alpha value is -0.610. The van der Waals surface area contributed by atoms with Crippen LogP contribution in [0.3, 0.4) is 0 Å². The Balaban J connectivity index is 4.40. The molecule has 4 nitrogen and oxygen atoms in total. The van der Waals surface area contributed by atoms with E-state index in [4.69, 9.17) is 0 Å². The number of carboxylic acid groups (broad SMARTS) is 1. The van der Waals surface area contributed by atoms with Crippen LogP contribution in [-0.4, -0.2) is 48.2 Å². The van der Waals surface area contributed by atoms with Crippen molar-refractivity contribution in [3.63, 3.8) is 0 Å². The Kier molecular flexibility index (Phi) is 5.97. The number of likely N-dealkylation sites (N-methyl/N-ethyl adjacent to an activating group) is 1. The first-order valence-electron chi connectivity index (χ1n) is 5.84. The molecule has 2 N–H and O–H groups in total. The normalized spacial score (nSPS) is 17.5. The molecular weight excluding hydrogens is 204 g/mol. The van der Waals surface area contributed by atoms with Crippen LogP contribution in [0.4, 0.5) is 0 Å². The first-order valence-corrected chi connectivity index (χ1v) is 5.84. The first kappa shape index (κ1) is 15.4. The molecule has 2 unspecified atom stereocenters. The van der Waals surface area contributed by atoms with Gasteiger partial charge in [-0.15, -0.1) is 0 Å². The van der Waals surface area contributed by atoms with Gasteiger partial charge in [0.05, 0.1) is 0 Å². The minimum atomic E-state index is -0.821. The van der Waals surface area contributed by atoms with Gasteiger partial charge >= 0.3 is 5.97 Å². The van der Waals surface area contributed by atoms with Gasteiger partial charge in [-0.1, -0.05) is 13.8 Å². The van der Waals surface area contributed by atoms with Gasteiger partial charge < -0.3 is 15.3 Å². The molecule has 4 heteroatoms. The van der Waals surface area contributed by atoms with Crippen LogP contribution in [0.1, 0.15) is 34.1 Å². The zero-order valence-corrected chi connectivity index (χ0v) is 11.4. The minimum Gasteiger partial charge on any atom is -0.480 e. The highest BCUT2D eigenvalue weighted by molar-refractivity contribution is 5.78. The number of hydrogen-bond acceptors (Lipinski definition) is 3. The van der Waals surface area contributed by atoms with Crippen molar-refractivity contribution >= 4 is 5.97 Å². The number of hydrogen-bond donors (Lipinski definition) is 2. The van der Waals surface area contributed by atoms with Crippen LogP contribution in [0.25, 0.3) is 0 Å². The first-order chi connectivity index (χ1) is 7.19. The largest absolute Gasteiger partial charge is 0.480 e. The number of nitrogens with one attached hydrogen (secondary N) is 1. The number of carbonyl (C=O) groups is 1. The van der Waals surface area contributed by atoms with Crippen LogP contribution in [0.15, 0.2) is 0 Å². The van der Waals surface area contributed by atoms with Gasteiger partial charge in [-0.05, 0) is 40.3 Å². The van der Waals surface area contributed by atoms with E-state index in [1.54, 1.807) is 6.92 Å². The molecule has 0 aromatic heterocycles. The summed E-state index contributed by atoms with van der Waals surface area (Å²) in [5, 5.41) is 12.4. The lowest BCUT2D eigenvalue weighted by atomic mass is 9.90. The van der Waals surface area contributed by atoms with Crippen LogP contribution in [0, 0.1) is 5.92 Å². The molecule has 0 fully saturated rings. The highest BCUT2D eigenvalue weighted by atomic mass is 16.4. The summed E-state index contributed by atoms with van der Waals surface area (Å²) in [6.45, 7) is 8.60. The van der Waals surface area contributed by atoms with Crippen molar-refractivity contribution in [3.05, 3.63) is 0 Å². The Morgan fingerprint density at radius 1 is 1.38 bits per heavy atom. The van der Waals surface area contributed by atoms with Gasteiger partial charge in [0, 0.05) is 12.6 Å². The third kappa shape index (κ3) is 4.94. The number of aliphatic carboxylic acids is 1. The molecule has 0 amide bonds. The van der Waals surface area contributed by atoms with Crippen molar-refractivity contribution in [2.75, 3.05) is 20.6 Å². The second kappa shape index (κ2) is 6.21. The molecule has 0 rings (SSSR count).